The third kappa shape index (κ3) is 1.87. The molecule has 0 saturated carbocycles. The summed E-state index contributed by atoms with van der Waals surface area (Å²) in [6.07, 6.45) is 0. The molecular weight excluding hydrogens is 174 g/mol. The molecule has 1 aromatic carbocycles. The van der Waals surface area contributed by atoms with Gasteiger partial charge in [-0.1, -0.05) is 12.1 Å². The summed E-state index contributed by atoms with van der Waals surface area (Å²) in [7, 11) is 2.01. The number of para-hydroxylation sites is 1. The average molecular weight is 191 g/mol. The predicted octanol–water partition coefficient (Wildman–Crippen LogP) is 1.74. The Hall–Kier alpha value is -1.51. The highest BCUT2D eigenvalue weighted by molar-refractivity contribution is 6.01. The van der Waals surface area contributed by atoms with E-state index in [1.165, 1.54) is 0 Å². The van der Waals surface area contributed by atoms with Crippen LogP contribution in [0.1, 0.15) is 18.1 Å². The van der Waals surface area contributed by atoms with Gasteiger partial charge >= 0.3 is 0 Å². The molecule has 14 heavy (non-hydrogen) atoms. The molecule has 0 radical (unpaired) electrons. The van der Waals surface area contributed by atoms with Gasteiger partial charge in [0.15, 0.2) is 0 Å². The van der Waals surface area contributed by atoms with Crippen LogP contribution >= 0.6 is 0 Å². The van der Waals surface area contributed by atoms with Crippen LogP contribution in [0.25, 0.3) is 0 Å². The number of nitrogens with two attached hydrogens (primary N) is 1. The minimum atomic E-state index is 0.129. The third-order valence-corrected chi connectivity index (χ3v) is 2.38. The Balaban J connectivity index is 3.29. The molecule has 3 N–H and O–H groups in total. The summed E-state index contributed by atoms with van der Waals surface area (Å²) in [5.74, 6) is 0.129. The van der Waals surface area contributed by atoms with Gasteiger partial charge in [0.25, 0.3) is 0 Å². The van der Waals surface area contributed by atoms with Gasteiger partial charge in [-0.25, -0.2) is 0 Å². The van der Waals surface area contributed by atoms with E-state index >= 15 is 0 Å². The van der Waals surface area contributed by atoms with Crippen LogP contribution in [0.2, 0.25) is 0 Å². The molecule has 0 unspecified atom stereocenters. The average Bonchev–Trinajstić information content (AvgIpc) is 2.16. The fourth-order valence-corrected chi connectivity index (χ4v) is 1.54. The highest BCUT2D eigenvalue weighted by atomic mass is 15.1. The summed E-state index contributed by atoms with van der Waals surface area (Å²) in [4.78, 5) is 2.10. The standard InChI is InChI=1S/C11H17N3/c1-4-14(3)10-8(2)6-5-7-9(10)11(12)13/h5-7H,4H2,1-3H3,(H3,12,13). The lowest BCUT2D eigenvalue weighted by Crippen LogP contribution is -2.22. The van der Waals surface area contributed by atoms with Gasteiger partial charge in [0, 0.05) is 19.2 Å². The number of rotatable bonds is 3. The number of nitrogen functional groups attached to an aromatic ring is 1. The maximum Gasteiger partial charge on any atom is 0.124 e. The minimum Gasteiger partial charge on any atom is -0.384 e. The van der Waals surface area contributed by atoms with Crippen molar-refractivity contribution < 1.29 is 0 Å². The molecule has 0 atom stereocenters. The van der Waals surface area contributed by atoms with Crippen LogP contribution in [0.5, 0.6) is 0 Å². The normalized spacial score (nSPS) is 9.93. The molecule has 3 heteroatoms. The number of amidine groups is 1. The van der Waals surface area contributed by atoms with Gasteiger partial charge in [0.2, 0.25) is 0 Å². The summed E-state index contributed by atoms with van der Waals surface area (Å²) in [6.45, 7) is 5.02. The van der Waals surface area contributed by atoms with Crippen LogP contribution in [-0.4, -0.2) is 19.4 Å². The number of hydrogen-bond acceptors (Lipinski definition) is 2. The zero-order valence-corrected chi connectivity index (χ0v) is 8.96. The summed E-state index contributed by atoms with van der Waals surface area (Å²) in [5.41, 5.74) is 8.56. The second-order valence-corrected chi connectivity index (χ2v) is 3.40. The monoisotopic (exact) mass is 191 g/mol. The lowest BCUT2D eigenvalue weighted by Gasteiger charge is -2.22. The summed E-state index contributed by atoms with van der Waals surface area (Å²) >= 11 is 0. The predicted molar refractivity (Wildman–Crippen MR) is 61.1 cm³/mol. The first kappa shape index (κ1) is 10.6. The molecule has 1 rings (SSSR count). The maximum absolute atomic E-state index is 7.49. The number of benzene rings is 1. The smallest absolute Gasteiger partial charge is 0.124 e. The highest BCUT2D eigenvalue weighted by Crippen LogP contribution is 2.23. The first-order valence-corrected chi connectivity index (χ1v) is 4.73. The van der Waals surface area contributed by atoms with E-state index in [1.54, 1.807) is 0 Å². The fourth-order valence-electron chi connectivity index (χ4n) is 1.54. The van der Waals surface area contributed by atoms with E-state index in [-0.39, 0.29) is 5.84 Å². The van der Waals surface area contributed by atoms with Crippen molar-refractivity contribution in [1.82, 2.24) is 0 Å². The van der Waals surface area contributed by atoms with Crippen molar-refractivity contribution in [3.05, 3.63) is 29.3 Å². The quantitative estimate of drug-likeness (QED) is 0.564. The second kappa shape index (κ2) is 4.13. The van der Waals surface area contributed by atoms with Crippen LogP contribution in [0.4, 0.5) is 5.69 Å². The number of hydrogen-bond donors (Lipinski definition) is 2. The van der Waals surface area contributed by atoms with Crippen LogP contribution in [-0.2, 0) is 0 Å². The van der Waals surface area contributed by atoms with Gasteiger partial charge in [-0.3, -0.25) is 5.41 Å². The van der Waals surface area contributed by atoms with Crippen molar-refractivity contribution in [2.75, 3.05) is 18.5 Å². The number of aryl methyl sites for hydroxylation is 1. The Morgan fingerprint density at radius 2 is 2.14 bits per heavy atom. The second-order valence-electron chi connectivity index (χ2n) is 3.40. The maximum atomic E-state index is 7.49. The summed E-state index contributed by atoms with van der Waals surface area (Å²) in [6, 6.07) is 5.85. The Morgan fingerprint density at radius 1 is 1.50 bits per heavy atom. The van der Waals surface area contributed by atoms with Crippen molar-refractivity contribution in [3.63, 3.8) is 0 Å². The van der Waals surface area contributed by atoms with E-state index < -0.39 is 0 Å². The molecule has 0 aliphatic rings. The molecule has 3 nitrogen and oxygen atoms in total. The molecule has 0 heterocycles. The number of nitrogens with one attached hydrogen (secondary N) is 1. The first-order chi connectivity index (χ1) is 6.57. The largest absolute Gasteiger partial charge is 0.384 e. The Labute approximate surface area is 85.0 Å². The van der Waals surface area contributed by atoms with Gasteiger partial charge in [0.1, 0.15) is 5.84 Å². The summed E-state index contributed by atoms with van der Waals surface area (Å²) in [5, 5.41) is 7.49. The van der Waals surface area contributed by atoms with Gasteiger partial charge in [-0.15, -0.1) is 0 Å². The van der Waals surface area contributed by atoms with Crippen LogP contribution < -0.4 is 10.6 Å². The Morgan fingerprint density at radius 3 is 2.64 bits per heavy atom. The lowest BCUT2D eigenvalue weighted by molar-refractivity contribution is 0.958. The number of nitrogens with zero attached hydrogens (tertiary/aromatic N) is 1. The third-order valence-electron chi connectivity index (χ3n) is 2.38. The van der Waals surface area contributed by atoms with E-state index in [4.69, 9.17) is 11.1 Å². The van der Waals surface area contributed by atoms with Gasteiger partial charge < -0.3 is 10.6 Å². The van der Waals surface area contributed by atoms with E-state index in [1.807, 2.05) is 32.2 Å². The van der Waals surface area contributed by atoms with Crippen LogP contribution in [0.15, 0.2) is 18.2 Å². The van der Waals surface area contributed by atoms with Crippen molar-refractivity contribution in [3.8, 4) is 0 Å². The van der Waals surface area contributed by atoms with E-state index in [0.717, 1.165) is 23.4 Å². The van der Waals surface area contributed by atoms with E-state index in [9.17, 15) is 0 Å². The van der Waals surface area contributed by atoms with Crippen LogP contribution in [0.3, 0.4) is 0 Å². The molecule has 0 aliphatic carbocycles. The first-order valence-electron chi connectivity index (χ1n) is 4.73. The zero-order valence-electron chi connectivity index (χ0n) is 8.96. The summed E-state index contributed by atoms with van der Waals surface area (Å²) < 4.78 is 0. The molecule has 0 spiro atoms. The molecule has 76 valence electrons. The number of anilines is 1. The van der Waals surface area contributed by atoms with Gasteiger partial charge in [0.05, 0.1) is 5.69 Å². The molecule has 0 bridgehead atoms. The van der Waals surface area contributed by atoms with Crippen molar-refractivity contribution in [2.45, 2.75) is 13.8 Å². The molecule has 1 aromatic rings. The van der Waals surface area contributed by atoms with E-state index in [0.29, 0.717) is 0 Å². The van der Waals surface area contributed by atoms with Gasteiger partial charge in [-0.05, 0) is 25.5 Å². The Bertz CT molecular complexity index is 344. The molecule has 0 aliphatic heterocycles. The lowest BCUT2D eigenvalue weighted by atomic mass is 10.1. The van der Waals surface area contributed by atoms with Crippen molar-refractivity contribution in [2.24, 2.45) is 5.73 Å². The zero-order chi connectivity index (χ0) is 10.7. The fraction of sp³-hybridized carbons (Fsp3) is 0.364. The molecule has 0 fully saturated rings. The molecule has 0 aromatic heterocycles. The van der Waals surface area contributed by atoms with Crippen molar-refractivity contribution >= 4 is 11.5 Å². The Kier molecular flexibility index (Phi) is 3.12. The van der Waals surface area contributed by atoms with Crippen LogP contribution in [0, 0.1) is 12.3 Å². The molecule has 0 saturated heterocycles. The highest BCUT2D eigenvalue weighted by Gasteiger charge is 2.10. The topological polar surface area (TPSA) is 53.1 Å². The van der Waals surface area contributed by atoms with Gasteiger partial charge in [-0.2, -0.15) is 0 Å². The van der Waals surface area contributed by atoms with Crippen molar-refractivity contribution in [1.29, 1.82) is 5.41 Å². The minimum absolute atomic E-state index is 0.129. The molecule has 0 amide bonds. The molecular formula is C11H17N3. The SMILES string of the molecule is CCN(C)c1c(C)cccc1C(=N)N. The van der Waals surface area contributed by atoms with E-state index in [2.05, 4.69) is 11.8 Å².